The number of esters is 1. The second-order valence-electron chi connectivity index (χ2n) is 8.82. The first-order valence-electron chi connectivity index (χ1n) is 13.3. The predicted molar refractivity (Wildman–Crippen MR) is 162 cm³/mol. The van der Waals surface area contributed by atoms with E-state index in [1.54, 1.807) is 57.2 Å². The molecule has 0 radical (unpaired) electrons. The maximum absolute atomic E-state index is 12.4. The highest BCUT2D eigenvalue weighted by Gasteiger charge is 2.20. The van der Waals surface area contributed by atoms with Crippen LogP contribution in [-0.2, 0) is 11.3 Å². The van der Waals surface area contributed by atoms with Crippen molar-refractivity contribution in [3.63, 3.8) is 0 Å². The van der Waals surface area contributed by atoms with Gasteiger partial charge in [0.2, 0.25) is 0 Å². The standard InChI is InChI=1S/C31H34N4O5S/c1-5-35-28(22-11-17-26(39-4)18-12-22)27(21-9-15-25(38-3)16-10-21)34-31(35)41-20-19-32-30(37)33-24-13-7-23(8-14-24)29(36)40-6-2/h7-18H,5-6,19-20H2,1-4H3,(H2,32,33,37). The van der Waals surface area contributed by atoms with Crippen LogP contribution in [0.15, 0.2) is 78.0 Å². The molecule has 0 saturated heterocycles. The maximum Gasteiger partial charge on any atom is 0.338 e. The summed E-state index contributed by atoms with van der Waals surface area (Å²) in [4.78, 5) is 29.3. The third kappa shape index (κ3) is 7.40. The summed E-state index contributed by atoms with van der Waals surface area (Å²) >= 11 is 1.58. The average Bonchev–Trinajstić information content (AvgIpc) is 3.38. The molecule has 0 aliphatic heterocycles. The Morgan fingerprint density at radius 2 is 1.46 bits per heavy atom. The van der Waals surface area contributed by atoms with Gasteiger partial charge in [0.1, 0.15) is 11.5 Å². The van der Waals surface area contributed by atoms with E-state index in [1.807, 2.05) is 48.5 Å². The van der Waals surface area contributed by atoms with Crippen molar-refractivity contribution in [2.24, 2.45) is 0 Å². The number of ether oxygens (including phenoxy) is 3. The van der Waals surface area contributed by atoms with E-state index in [-0.39, 0.29) is 6.03 Å². The quantitative estimate of drug-likeness (QED) is 0.116. The summed E-state index contributed by atoms with van der Waals surface area (Å²) in [5.74, 6) is 1.80. The molecule has 0 aliphatic rings. The van der Waals surface area contributed by atoms with Crippen molar-refractivity contribution in [1.29, 1.82) is 0 Å². The molecule has 4 aromatic rings. The molecule has 1 aromatic heterocycles. The fourth-order valence-electron chi connectivity index (χ4n) is 4.21. The zero-order chi connectivity index (χ0) is 29.2. The lowest BCUT2D eigenvalue weighted by molar-refractivity contribution is 0.0526. The van der Waals surface area contributed by atoms with E-state index in [2.05, 4.69) is 22.1 Å². The topological polar surface area (TPSA) is 104 Å². The van der Waals surface area contributed by atoms with Gasteiger partial charge in [0.15, 0.2) is 5.16 Å². The van der Waals surface area contributed by atoms with E-state index < -0.39 is 5.97 Å². The first-order valence-corrected chi connectivity index (χ1v) is 14.3. The van der Waals surface area contributed by atoms with Gasteiger partial charge in [-0.2, -0.15) is 0 Å². The molecule has 0 saturated carbocycles. The Bertz CT molecular complexity index is 1450. The van der Waals surface area contributed by atoms with Crippen molar-refractivity contribution in [2.75, 3.05) is 38.4 Å². The van der Waals surface area contributed by atoms with Crippen molar-refractivity contribution in [3.05, 3.63) is 78.4 Å². The van der Waals surface area contributed by atoms with Crippen LogP contribution in [0.1, 0.15) is 24.2 Å². The third-order valence-electron chi connectivity index (χ3n) is 6.25. The van der Waals surface area contributed by atoms with Gasteiger partial charge < -0.3 is 29.4 Å². The Labute approximate surface area is 244 Å². The van der Waals surface area contributed by atoms with E-state index in [9.17, 15) is 9.59 Å². The van der Waals surface area contributed by atoms with Gasteiger partial charge in [0.05, 0.1) is 37.8 Å². The van der Waals surface area contributed by atoms with E-state index in [4.69, 9.17) is 19.2 Å². The zero-order valence-corrected chi connectivity index (χ0v) is 24.4. The molecule has 3 aromatic carbocycles. The number of methoxy groups -OCH3 is 2. The Balaban J connectivity index is 1.45. The number of amides is 2. The minimum atomic E-state index is -0.392. The Morgan fingerprint density at radius 3 is 2.02 bits per heavy atom. The van der Waals surface area contributed by atoms with Crippen LogP contribution in [0, 0.1) is 0 Å². The number of hydrogen-bond acceptors (Lipinski definition) is 7. The number of carbonyl (C=O) groups is 2. The highest BCUT2D eigenvalue weighted by Crippen LogP contribution is 2.37. The molecule has 0 aliphatic carbocycles. The molecule has 0 atom stereocenters. The Kier molecular flexibility index (Phi) is 10.3. The fraction of sp³-hybridized carbons (Fsp3) is 0.258. The first kappa shape index (κ1) is 29.5. The summed E-state index contributed by atoms with van der Waals surface area (Å²) in [5.41, 5.74) is 4.92. The van der Waals surface area contributed by atoms with Crippen LogP contribution in [0.3, 0.4) is 0 Å². The third-order valence-corrected chi connectivity index (χ3v) is 7.23. The maximum atomic E-state index is 12.4. The lowest BCUT2D eigenvalue weighted by atomic mass is 10.0. The molecular weight excluding hydrogens is 540 g/mol. The molecule has 0 bridgehead atoms. The van der Waals surface area contributed by atoms with Crippen molar-refractivity contribution >= 4 is 29.4 Å². The summed E-state index contributed by atoms with van der Waals surface area (Å²) in [5, 5.41) is 6.52. The molecule has 2 amide bonds. The fourth-order valence-corrected chi connectivity index (χ4v) is 5.13. The molecule has 2 N–H and O–H groups in total. The van der Waals surface area contributed by atoms with Crippen LogP contribution in [0.2, 0.25) is 0 Å². The van der Waals surface area contributed by atoms with Crippen LogP contribution in [0.5, 0.6) is 11.5 Å². The minimum Gasteiger partial charge on any atom is -0.497 e. The molecule has 10 heteroatoms. The summed E-state index contributed by atoms with van der Waals surface area (Å²) in [6.45, 7) is 5.32. The lowest BCUT2D eigenvalue weighted by Gasteiger charge is -2.12. The molecule has 1 heterocycles. The van der Waals surface area contributed by atoms with Gasteiger partial charge in [-0.05, 0) is 86.6 Å². The Morgan fingerprint density at radius 1 is 0.854 bits per heavy atom. The van der Waals surface area contributed by atoms with Crippen LogP contribution < -0.4 is 20.1 Å². The molecule has 0 fully saturated rings. The van der Waals surface area contributed by atoms with Crippen molar-refractivity contribution < 1.29 is 23.8 Å². The SMILES string of the molecule is CCOC(=O)c1ccc(NC(=O)NCCSc2nc(-c3ccc(OC)cc3)c(-c3ccc(OC)cc3)n2CC)cc1. The van der Waals surface area contributed by atoms with E-state index in [1.165, 1.54) is 0 Å². The van der Waals surface area contributed by atoms with Gasteiger partial charge in [-0.1, -0.05) is 11.8 Å². The summed E-state index contributed by atoms with van der Waals surface area (Å²) in [7, 11) is 3.30. The minimum absolute atomic E-state index is 0.309. The number of thioether (sulfide) groups is 1. The number of carbonyl (C=O) groups excluding carboxylic acids is 2. The molecule has 41 heavy (non-hydrogen) atoms. The summed E-state index contributed by atoms with van der Waals surface area (Å²) in [6, 6.07) is 22.1. The van der Waals surface area contributed by atoms with Crippen molar-refractivity contribution in [2.45, 2.75) is 25.5 Å². The van der Waals surface area contributed by atoms with Crippen molar-refractivity contribution in [1.82, 2.24) is 14.9 Å². The number of hydrogen-bond donors (Lipinski definition) is 2. The van der Waals surface area contributed by atoms with E-state index in [0.29, 0.717) is 30.2 Å². The molecule has 214 valence electrons. The molecule has 0 spiro atoms. The predicted octanol–water partition coefficient (Wildman–Crippen LogP) is 6.34. The molecular formula is C31H34N4O5S. The van der Waals surface area contributed by atoms with Gasteiger partial charge in [-0.3, -0.25) is 0 Å². The zero-order valence-electron chi connectivity index (χ0n) is 23.6. The number of rotatable bonds is 12. The largest absolute Gasteiger partial charge is 0.497 e. The second kappa shape index (κ2) is 14.3. The highest BCUT2D eigenvalue weighted by atomic mass is 32.2. The van der Waals surface area contributed by atoms with Gasteiger partial charge in [0.25, 0.3) is 0 Å². The van der Waals surface area contributed by atoms with Crippen molar-refractivity contribution in [3.8, 4) is 34.0 Å². The summed E-state index contributed by atoms with van der Waals surface area (Å²) in [6.07, 6.45) is 0. The van der Waals surface area contributed by atoms with Gasteiger partial charge in [0, 0.05) is 35.7 Å². The van der Waals surface area contributed by atoms with Crippen LogP contribution in [-0.4, -0.2) is 54.7 Å². The molecule has 4 rings (SSSR count). The van der Waals surface area contributed by atoms with E-state index >= 15 is 0 Å². The molecule has 9 nitrogen and oxygen atoms in total. The number of nitrogens with one attached hydrogen (secondary N) is 2. The van der Waals surface area contributed by atoms with Gasteiger partial charge >= 0.3 is 12.0 Å². The Hall–Kier alpha value is -4.44. The van der Waals surface area contributed by atoms with Crippen LogP contribution >= 0.6 is 11.8 Å². The first-order chi connectivity index (χ1) is 20.0. The lowest BCUT2D eigenvalue weighted by Crippen LogP contribution is -2.30. The van der Waals surface area contributed by atoms with E-state index in [0.717, 1.165) is 45.7 Å². The number of anilines is 1. The number of benzene rings is 3. The number of nitrogens with zero attached hydrogens (tertiary/aromatic N) is 2. The van der Waals surface area contributed by atoms with Gasteiger partial charge in [-0.15, -0.1) is 0 Å². The smallest absolute Gasteiger partial charge is 0.338 e. The van der Waals surface area contributed by atoms with Gasteiger partial charge in [-0.25, -0.2) is 14.6 Å². The second-order valence-corrected chi connectivity index (χ2v) is 9.88. The summed E-state index contributed by atoms with van der Waals surface area (Å²) < 4.78 is 17.9. The molecule has 0 unspecified atom stereocenters. The highest BCUT2D eigenvalue weighted by molar-refractivity contribution is 7.99. The number of aromatic nitrogens is 2. The number of imidazole rings is 1. The average molecular weight is 575 g/mol. The number of urea groups is 1. The normalized spacial score (nSPS) is 10.6. The monoisotopic (exact) mass is 574 g/mol. The van der Waals surface area contributed by atoms with Crippen LogP contribution in [0.25, 0.3) is 22.5 Å². The van der Waals surface area contributed by atoms with Crippen LogP contribution in [0.4, 0.5) is 10.5 Å².